The van der Waals surface area contributed by atoms with Gasteiger partial charge in [0, 0.05) is 23.4 Å². The van der Waals surface area contributed by atoms with Crippen molar-refractivity contribution in [2.45, 2.75) is 39.7 Å². The predicted molar refractivity (Wildman–Crippen MR) is 117 cm³/mol. The molecule has 0 aliphatic heterocycles. The van der Waals surface area contributed by atoms with Gasteiger partial charge in [0.2, 0.25) is 0 Å². The first-order valence-electron chi connectivity index (χ1n) is 10.3. The van der Waals surface area contributed by atoms with Gasteiger partial charge in [-0.2, -0.15) is 5.10 Å². The van der Waals surface area contributed by atoms with Gasteiger partial charge in [-0.3, -0.25) is 5.10 Å². The molecule has 0 aliphatic carbocycles. The number of hydrogen-bond donors (Lipinski definition) is 2. The van der Waals surface area contributed by atoms with E-state index < -0.39 is 0 Å². The Balaban J connectivity index is 1.68. The quantitative estimate of drug-likeness (QED) is 0.495. The van der Waals surface area contributed by atoms with Crippen LogP contribution in [-0.4, -0.2) is 45.8 Å². The molecule has 0 saturated heterocycles. The number of anilines is 1. The van der Waals surface area contributed by atoms with Gasteiger partial charge in [-0.15, -0.1) is 0 Å². The maximum absolute atomic E-state index is 13.3. The van der Waals surface area contributed by atoms with Crippen molar-refractivity contribution >= 4 is 5.82 Å². The van der Waals surface area contributed by atoms with Crippen LogP contribution in [-0.2, 0) is 0 Å². The van der Waals surface area contributed by atoms with Gasteiger partial charge < -0.3 is 10.2 Å². The first-order valence-corrected chi connectivity index (χ1v) is 10.3. The number of hydrogen-bond acceptors (Lipinski definition) is 4. The summed E-state index contributed by atoms with van der Waals surface area (Å²) < 4.78 is 13.3. The van der Waals surface area contributed by atoms with Crippen LogP contribution in [0.1, 0.15) is 33.6 Å². The molecular weight excluding hydrogens is 365 g/mol. The number of pyridine rings is 1. The van der Waals surface area contributed by atoms with Crippen molar-refractivity contribution in [1.29, 1.82) is 0 Å². The predicted octanol–water partition coefficient (Wildman–Crippen LogP) is 5.20. The van der Waals surface area contributed by atoms with Crippen molar-refractivity contribution in [3.05, 3.63) is 54.6 Å². The largest absolute Gasteiger partial charge is 0.368 e. The molecule has 2 aromatic heterocycles. The van der Waals surface area contributed by atoms with E-state index >= 15 is 0 Å². The van der Waals surface area contributed by atoms with Gasteiger partial charge in [-0.1, -0.05) is 13.8 Å². The third-order valence-electron chi connectivity index (χ3n) is 5.24. The Hall–Kier alpha value is -2.73. The fraction of sp³-hybridized carbons (Fsp3) is 0.391. The van der Waals surface area contributed by atoms with E-state index in [1.54, 1.807) is 18.3 Å². The zero-order valence-corrected chi connectivity index (χ0v) is 17.5. The van der Waals surface area contributed by atoms with E-state index in [1.807, 2.05) is 18.3 Å². The van der Waals surface area contributed by atoms with Crippen molar-refractivity contribution in [2.75, 3.05) is 25.0 Å². The first-order chi connectivity index (χ1) is 14.1. The van der Waals surface area contributed by atoms with E-state index in [4.69, 9.17) is 0 Å². The normalized spacial score (nSPS) is 12.3. The third kappa shape index (κ3) is 5.64. The highest BCUT2D eigenvalue weighted by Crippen LogP contribution is 2.31. The summed E-state index contributed by atoms with van der Waals surface area (Å²) in [6, 6.07) is 10.8. The topological polar surface area (TPSA) is 56.8 Å². The molecule has 1 unspecified atom stereocenters. The fourth-order valence-corrected chi connectivity index (χ4v) is 3.50. The summed E-state index contributed by atoms with van der Waals surface area (Å²) in [5, 5.41) is 10.7. The molecule has 2 heterocycles. The monoisotopic (exact) mass is 395 g/mol. The van der Waals surface area contributed by atoms with Crippen LogP contribution >= 0.6 is 0 Å². The Morgan fingerprint density at radius 3 is 2.59 bits per heavy atom. The number of aromatic amines is 1. The van der Waals surface area contributed by atoms with Gasteiger partial charge in [0.05, 0.1) is 11.9 Å². The summed E-state index contributed by atoms with van der Waals surface area (Å²) in [6.45, 7) is 9.93. The van der Waals surface area contributed by atoms with E-state index in [0.29, 0.717) is 6.04 Å². The van der Waals surface area contributed by atoms with Gasteiger partial charge in [0.1, 0.15) is 11.6 Å². The summed E-state index contributed by atoms with van der Waals surface area (Å²) in [4.78, 5) is 6.92. The molecule has 0 fully saturated rings. The van der Waals surface area contributed by atoms with Crippen LogP contribution in [0.2, 0.25) is 0 Å². The van der Waals surface area contributed by atoms with E-state index in [-0.39, 0.29) is 5.82 Å². The van der Waals surface area contributed by atoms with Gasteiger partial charge in [-0.05, 0) is 81.4 Å². The molecule has 0 saturated carbocycles. The molecule has 0 amide bonds. The SMILES string of the molecule is CCN(CC)CCCC(C)Nc1cc(-c2cn[nH]c2-c2ccc(F)cc2)ccn1. The number of H-pyrrole nitrogens is 1. The second-order valence-electron chi connectivity index (χ2n) is 7.31. The molecule has 6 heteroatoms. The van der Waals surface area contributed by atoms with Gasteiger partial charge >= 0.3 is 0 Å². The minimum Gasteiger partial charge on any atom is -0.368 e. The molecule has 3 rings (SSSR count). The molecule has 1 aromatic carbocycles. The molecule has 0 radical (unpaired) electrons. The first kappa shape index (κ1) is 21.0. The number of halogens is 1. The molecule has 0 bridgehead atoms. The lowest BCUT2D eigenvalue weighted by Gasteiger charge is -2.20. The van der Waals surface area contributed by atoms with E-state index in [9.17, 15) is 4.39 Å². The fourth-order valence-electron chi connectivity index (χ4n) is 3.50. The Morgan fingerprint density at radius 1 is 1.10 bits per heavy atom. The van der Waals surface area contributed by atoms with E-state index in [1.165, 1.54) is 12.1 Å². The Labute approximate surface area is 172 Å². The number of nitrogens with zero attached hydrogens (tertiary/aromatic N) is 3. The van der Waals surface area contributed by atoms with Crippen LogP contribution in [0, 0.1) is 5.82 Å². The molecule has 5 nitrogen and oxygen atoms in total. The van der Waals surface area contributed by atoms with Gasteiger partial charge in [-0.25, -0.2) is 9.37 Å². The molecular formula is C23H30FN5. The lowest BCUT2D eigenvalue weighted by atomic mass is 10.0. The van der Waals surface area contributed by atoms with Crippen LogP contribution < -0.4 is 5.32 Å². The smallest absolute Gasteiger partial charge is 0.126 e. The van der Waals surface area contributed by atoms with Crippen molar-refractivity contribution in [2.24, 2.45) is 0 Å². The average molecular weight is 396 g/mol. The summed E-state index contributed by atoms with van der Waals surface area (Å²) in [6.07, 6.45) is 5.86. The van der Waals surface area contributed by atoms with Crippen LogP contribution in [0.3, 0.4) is 0 Å². The van der Waals surface area contributed by atoms with E-state index in [0.717, 1.165) is 60.7 Å². The molecule has 0 spiro atoms. The van der Waals surface area contributed by atoms with Crippen LogP contribution in [0.15, 0.2) is 48.8 Å². The number of aromatic nitrogens is 3. The molecule has 154 valence electrons. The third-order valence-corrected chi connectivity index (χ3v) is 5.24. The van der Waals surface area contributed by atoms with E-state index in [2.05, 4.69) is 46.2 Å². The Morgan fingerprint density at radius 2 is 1.86 bits per heavy atom. The maximum atomic E-state index is 13.3. The maximum Gasteiger partial charge on any atom is 0.126 e. The zero-order chi connectivity index (χ0) is 20.6. The summed E-state index contributed by atoms with van der Waals surface area (Å²) in [5.41, 5.74) is 3.76. The standard InChI is InChI=1S/C23H30FN5/c1-4-29(5-2)14-6-7-17(3)27-22-15-19(12-13-25-22)21-16-26-28-23(21)18-8-10-20(24)11-9-18/h8-13,15-17H,4-7,14H2,1-3H3,(H,25,27)(H,26,28). The van der Waals surface area contributed by atoms with Gasteiger partial charge in [0.25, 0.3) is 0 Å². The minimum atomic E-state index is -0.250. The van der Waals surface area contributed by atoms with Crippen molar-refractivity contribution in [3.8, 4) is 22.4 Å². The summed E-state index contributed by atoms with van der Waals surface area (Å²) in [5.74, 6) is 0.601. The molecule has 1 atom stereocenters. The lowest BCUT2D eigenvalue weighted by molar-refractivity contribution is 0.295. The lowest BCUT2D eigenvalue weighted by Crippen LogP contribution is -2.25. The molecule has 2 N–H and O–H groups in total. The second-order valence-corrected chi connectivity index (χ2v) is 7.31. The highest BCUT2D eigenvalue weighted by atomic mass is 19.1. The highest BCUT2D eigenvalue weighted by molar-refractivity contribution is 5.81. The van der Waals surface area contributed by atoms with Crippen LogP contribution in [0.5, 0.6) is 0 Å². The molecule has 0 aliphatic rings. The molecule has 3 aromatic rings. The average Bonchev–Trinajstić information content (AvgIpc) is 3.22. The van der Waals surface area contributed by atoms with Gasteiger partial charge in [0.15, 0.2) is 0 Å². The summed E-state index contributed by atoms with van der Waals surface area (Å²) in [7, 11) is 0. The van der Waals surface area contributed by atoms with Crippen molar-refractivity contribution < 1.29 is 4.39 Å². The van der Waals surface area contributed by atoms with Crippen molar-refractivity contribution in [1.82, 2.24) is 20.1 Å². The van der Waals surface area contributed by atoms with Crippen molar-refractivity contribution in [3.63, 3.8) is 0 Å². The molecule has 29 heavy (non-hydrogen) atoms. The number of benzene rings is 1. The zero-order valence-electron chi connectivity index (χ0n) is 17.5. The Kier molecular flexibility index (Phi) is 7.36. The highest BCUT2D eigenvalue weighted by Gasteiger charge is 2.12. The Bertz CT molecular complexity index is 886. The minimum absolute atomic E-state index is 0.250. The summed E-state index contributed by atoms with van der Waals surface area (Å²) >= 11 is 0. The number of nitrogens with one attached hydrogen (secondary N) is 2. The second kappa shape index (κ2) is 10.2. The van der Waals surface area contributed by atoms with Crippen LogP contribution in [0.25, 0.3) is 22.4 Å². The number of rotatable bonds is 10. The van der Waals surface area contributed by atoms with Crippen LogP contribution in [0.4, 0.5) is 10.2 Å².